The third-order valence-electron chi connectivity index (χ3n) is 4.07. The van der Waals surface area contributed by atoms with Gasteiger partial charge in [0.1, 0.15) is 5.76 Å². The highest BCUT2D eigenvalue weighted by molar-refractivity contribution is 5.96. The molecule has 5 nitrogen and oxygen atoms in total. The second-order valence-corrected chi connectivity index (χ2v) is 6.42. The molecule has 1 amide bonds. The first-order valence-corrected chi connectivity index (χ1v) is 7.92. The number of amides is 1. The van der Waals surface area contributed by atoms with Crippen LogP contribution in [0.5, 0.6) is 0 Å². The highest BCUT2D eigenvalue weighted by Gasteiger charge is 2.29. The molecule has 24 heavy (non-hydrogen) atoms. The van der Waals surface area contributed by atoms with Gasteiger partial charge in [-0.1, -0.05) is 26.0 Å². The van der Waals surface area contributed by atoms with Gasteiger partial charge in [-0.05, 0) is 19.1 Å². The van der Waals surface area contributed by atoms with Gasteiger partial charge in [-0.15, -0.1) is 0 Å². The van der Waals surface area contributed by atoms with Crippen LogP contribution in [0.1, 0.15) is 32.9 Å². The van der Waals surface area contributed by atoms with Crippen LogP contribution in [0.2, 0.25) is 0 Å². The van der Waals surface area contributed by atoms with E-state index >= 15 is 0 Å². The lowest BCUT2D eigenvalue weighted by Crippen LogP contribution is -2.31. The average molecular weight is 329 g/mol. The highest BCUT2D eigenvalue weighted by atomic mass is 19.1. The van der Waals surface area contributed by atoms with Crippen LogP contribution < -0.4 is 5.32 Å². The first-order chi connectivity index (χ1) is 11.4. The van der Waals surface area contributed by atoms with Gasteiger partial charge in [0.15, 0.2) is 0 Å². The van der Waals surface area contributed by atoms with Gasteiger partial charge in [0.25, 0.3) is 6.01 Å². The number of fused-ring (bicyclic) bond motifs is 1. The standard InChI is InChI=1S/C18H20FN3O2/c1-4-20-15(23)10-18(2,3)17-16-11(13-8-9-14(19)24-13)6-5-7-12(16)21-22-17/h5-9H,4,10H2,1-3H3,(H,20,23)(H,21,22). The van der Waals surface area contributed by atoms with Crippen molar-refractivity contribution < 1.29 is 13.6 Å². The molecule has 0 spiro atoms. The van der Waals surface area contributed by atoms with Crippen LogP contribution in [0, 0.1) is 6.01 Å². The molecule has 3 aromatic rings. The van der Waals surface area contributed by atoms with Crippen LogP contribution >= 0.6 is 0 Å². The summed E-state index contributed by atoms with van der Waals surface area (Å²) in [5, 5.41) is 11.1. The van der Waals surface area contributed by atoms with E-state index in [1.165, 1.54) is 6.07 Å². The monoisotopic (exact) mass is 329 g/mol. The van der Waals surface area contributed by atoms with Crippen LogP contribution in [0.25, 0.3) is 22.2 Å². The van der Waals surface area contributed by atoms with E-state index < -0.39 is 11.4 Å². The van der Waals surface area contributed by atoms with Crippen molar-refractivity contribution in [2.24, 2.45) is 0 Å². The molecule has 3 rings (SSSR count). The van der Waals surface area contributed by atoms with E-state index in [1.807, 2.05) is 39.0 Å². The number of furan rings is 1. The van der Waals surface area contributed by atoms with Gasteiger partial charge in [0.05, 0.1) is 5.52 Å². The van der Waals surface area contributed by atoms with Crippen molar-refractivity contribution in [3.63, 3.8) is 0 Å². The number of hydrogen-bond acceptors (Lipinski definition) is 3. The van der Waals surface area contributed by atoms with Crippen molar-refractivity contribution in [2.45, 2.75) is 32.6 Å². The Kier molecular flexibility index (Phi) is 4.13. The lowest BCUT2D eigenvalue weighted by atomic mass is 9.82. The molecule has 0 unspecified atom stereocenters. The van der Waals surface area contributed by atoms with Crippen LogP contribution in [0.4, 0.5) is 4.39 Å². The Hall–Kier alpha value is -2.63. The molecule has 0 saturated heterocycles. The maximum atomic E-state index is 13.3. The normalized spacial score (nSPS) is 11.8. The Bertz CT molecular complexity index is 879. The number of benzene rings is 1. The van der Waals surface area contributed by atoms with Crippen LogP contribution in [0.15, 0.2) is 34.7 Å². The fourth-order valence-electron chi connectivity index (χ4n) is 2.97. The molecule has 0 bridgehead atoms. The first-order valence-electron chi connectivity index (χ1n) is 7.92. The lowest BCUT2D eigenvalue weighted by Gasteiger charge is -2.23. The number of nitrogens with one attached hydrogen (secondary N) is 2. The summed E-state index contributed by atoms with van der Waals surface area (Å²) < 4.78 is 18.4. The third kappa shape index (κ3) is 2.91. The third-order valence-corrected chi connectivity index (χ3v) is 4.07. The fourth-order valence-corrected chi connectivity index (χ4v) is 2.97. The Balaban J connectivity index is 2.10. The summed E-state index contributed by atoms with van der Waals surface area (Å²) in [6, 6.07) is 7.83. The summed E-state index contributed by atoms with van der Waals surface area (Å²) in [5.41, 5.74) is 1.87. The molecule has 0 radical (unpaired) electrons. The van der Waals surface area contributed by atoms with Gasteiger partial charge >= 0.3 is 0 Å². The Morgan fingerprint density at radius 3 is 2.79 bits per heavy atom. The van der Waals surface area contributed by atoms with E-state index in [9.17, 15) is 9.18 Å². The second-order valence-electron chi connectivity index (χ2n) is 6.42. The van der Waals surface area contributed by atoms with Crippen molar-refractivity contribution in [1.82, 2.24) is 15.5 Å². The van der Waals surface area contributed by atoms with Crippen LogP contribution in [0.3, 0.4) is 0 Å². The molecule has 2 N–H and O–H groups in total. The van der Waals surface area contributed by atoms with E-state index in [2.05, 4.69) is 15.5 Å². The van der Waals surface area contributed by atoms with Gasteiger partial charge in [0.2, 0.25) is 5.91 Å². The highest BCUT2D eigenvalue weighted by Crippen LogP contribution is 2.37. The van der Waals surface area contributed by atoms with Gasteiger partial charge in [-0.25, -0.2) is 0 Å². The zero-order valence-corrected chi connectivity index (χ0v) is 13.9. The molecule has 6 heteroatoms. The Morgan fingerprint density at radius 2 is 2.12 bits per heavy atom. The number of carbonyl (C=O) groups excluding carboxylic acids is 1. The lowest BCUT2D eigenvalue weighted by molar-refractivity contribution is -0.122. The van der Waals surface area contributed by atoms with Crippen molar-refractivity contribution in [2.75, 3.05) is 6.54 Å². The topological polar surface area (TPSA) is 70.9 Å². The molecular weight excluding hydrogens is 309 g/mol. The van der Waals surface area contributed by atoms with Gasteiger partial charge in [0, 0.05) is 41.1 Å². The molecule has 0 atom stereocenters. The molecule has 0 saturated carbocycles. The van der Waals surface area contributed by atoms with Gasteiger partial charge in [-0.2, -0.15) is 9.49 Å². The van der Waals surface area contributed by atoms with E-state index in [4.69, 9.17) is 4.42 Å². The number of rotatable bonds is 5. The minimum Gasteiger partial charge on any atom is -0.431 e. The Labute approximate surface area is 139 Å². The first kappa shape index (κ1) is 16.2. The molecule has 2 aromatic heterocycles. The maximum Gasteiger partial charge on any atom is 0.278 e. The van der Waals surface area contributed by atoms with E-state index in [1.54, 1.807) is 6.07 Å². The molecule has 126 valence electrons. The van der Waals surface area contributed by atoms with Crippen LogP contribution in [-0.4, -0.2) is 22.6 Å². The summed E-state index contributed by atoms with van der Waals surface area (Å²) >= 11 is 0. The minimum absolute atomic E-state index is 0.0215. The van der Waals surface area contributed by atoms with E-state index in [-0.39, 0.29) is 5.91 Å². The summed E-state index contributed by atoms with van der Waals surface area (Å²) in [5.74, 6) is 0.418. The number of halogens is 1. The van der Waals surface area contributed by atoms with E-state index in [0.29, 0.717) is 18.7 Å². The Morgan fingerprint density at radius 1 is 1.33 bits per heavy atom. The summed E-state index contributed by atoms with van der Waals surface area (Å²) in [4.78, 5) is 12.0. The van der Waals surface area contributed by atoms with Crippen molar-refractivity contribution in [3.8, 4) is 11.3 Å². The SMILES string of the molecule is CCNC(=O)CC(C)(C)c1[nH]nc2cccc(-c3ccc(F)o3)c12. The predicted octanol–water partition coefficient (Wildman–Crippen LogP) is 3.77. The van der Waals surface area contributed by atoms with Crippen molar-refractivity contribution in [3.05, 3.63) is 42.0 Å². The van der Waals surface area contributed by atoms with Crippen molar-refractivity contribution >= 4 is 16.8 Å². The quantitative estimate of drug-likeness (QED) is 0.748. The number of aromatic amines is 1. The number of carbonyl (C=O) groups is 1. The zero-order chi connectivity index (χ0) is 17.3. The molecule has 0 aliphatic carbocycles. The minimum atomic E-state index is -0.631. The molecule has 0 aliphatic heterocycles. The molecule has 1 aromatic carbocycles. The molecule has 0 aliphatic rings. The average Bonchev–Trinajstić information content (AvgIpc) is 3.13. The zero-order valence-electron chi connectivity index (χ0n) is 13.9. The molecule has 0 fully saturated rings. The number of hydrogen-bond donors (Lipinski definition) is 2. The number of H-pyrrole nitrogens is 1. The number of aromatic nitrogens is 2. The number of nitrogens with zero attached hydrogens (tertiary/aromatic N) is 1. The fraction of sp³-hybridized carbons (Fsp3) is 0.333. The molecular formula is C18H20FN3O2. The maximum absolute atomic E-state index is 13.3. The van der Waals surface area contributed by atoms with Gasteiger partial charge < -0.3 is 9.73 Å². The largest absolute Gasteiger partial charge is 0.431 e. The second kappa shape index (κ2) is 6.11. The van der Waals surface area contributed by atoms with Crippen molar-refractivity contribution in [1.29, 1.82) is 0 Å². The summed E-state index contributed by atoms with van der Waals surface area (Å²) in [6.45, 7) is 6.44. The van der Waals surface area contributed by atoms with Gasteiger partial charge in [-0.3, -0.25) is 9.89 Å². The predicted molar refractivity (Wildman–Crippen MR) is 90.1 cm³/mol. The smallest absolute Gasteiger partial charge is 0.278 e. The summed E-state index contributed by atoms with van der Waals surface area (Å²) in [7, 11) is 0. The van der Waals surface area contributed by atoms with Crippen LogP contribution in [-0.2, 0) is 10.2 Å². The summed E-state index contributed by atoms with van der Waals surface area (Å²) in [6.07, 6.45) is 0.318. The molecule has 2 heterocycles. The van der Waals surface area contributed by atoms with E-state index in [0.717, 1.165) is 22.2 Å².